The number of hydrogen-bond donors (Lipinski definition) is 0. The van der Waals surface area contributed by atoms with Crippen LogP contribution >= 0.6 is 0 Å². The number of nitro groups is 1. The van der Waals surface area contributed by atoms with Crippen molar-refractivity contribution in [2.75, 3.05) is 6.54 Å². The van der Waals surface area contributed by atoms with Gasteiger partial charge in [-0.25, -0.2) is 0 Å². The molecule has 0 bridgehead atoms. The van der Waals surface area contributed by atoms with Gasteiger partial charge in [-0.3, -0.25) is 15.0 Å². The molecule has 0 heterocycles. The summed E-state index contributed by atoms with van der Waals surface area (Å²) in [4.78, 5) is 12.9. The molecule has 0 aliphatic heterocycles. The van der Waals surface area contributed by atoms with Crippen LogP contribution in [0.1, 0.15) is 57.2 Å². The Kier molecular flexibility index (Phi) is 6.92. The van der Waals surface area contributed by atoms with Gasteiger partial charge in [-0.2, -0.15) is 0 Å². The van der Waals surface area contributed by atoms with Crippen molar-refractivity contribution < 1.29 is 4.92 Å². The quantitative estimate of drug-likeness (QED) is 0.451. The Morgan fingerprint density at radius 3 is 1.85 bits per heavy atom. The highest BCUT2D eigenvalue weighted by atomic mass is 16.6. The van der Waals surface area contributed by atoms with E-state index in [0.717, 1.165) is 38.0 Å². The summed E-state index contributed by atoms with van der Waals surface area (Å²) >= 11 is 0. The van der Waals surface area contributed by atoms with Crippen molar-refractivity contribution in [3.8, 4) is 0 Å². The molecule has 0 N–H and O–H groups in total. The second-order valence-corrected chi connectivity index (χ2v) is 7.93. The van der Waals surface area contributed by atoms with Gasteiger partial charge < -0.3 is 0 Å². The Morgan fingerprint density at radius 2 is 1.42 bits per heavy atom. The highest BCUT2D eigenvalue weighted by Gasteiger charge is 2.14. The minimum atomic E-state index is -0.352. The van der Waals surface area contributed by atoms with Gasteiger partial charge in [0.15, 0.2) is 0 Å². The number of hydrogen-bond acceptors (Lipinski definition) is 3. The van der Waals surface area contributed by atoms with E-state index in [-0.39, 0.29) is 16.0 Å². The number of nitrogens with zero attached hydrogens (tertiary/aromatic N) is 2. The van der Waals surface area contributed by atoms with E-state index in [0.29, 0.717) is 0 Å². The molecule has 0 radical (unpaired) electrons. The molecule has 4 heteroatoms. The molecule has 2 rings (SSSR count). The average Bonchev–Trinajstić information content (AvgIpc) is 2.60. The highest BCUT2D eigenvalue weighted by Crippen LogP contribution is 2.23. The molecule has 2 aromatic carbocycles. The molecular formula is C22H30N2O2. The summed E-state index contributed by atoms with van der Waals surface area (Å²) < 4.78 is 0. The maximum absolute atomic E-state index is 10.8. The van der Waals surface area contributed by atoms with E-state index >= 15 is 0 Å². The fourth-order valence-electron chi connectivity index (χ4n) is 2.95. The smallest absolute Gasteiger partial charge is 0.269 e. The van der Waals surface area contributed by atoms with Crippen molar-refractivity contribution in [1.82, 2.24) is 4.90 Å². The summed E-state index contributed by atoms with van der Waals surface area (Å²) in [5.41, 5.74) is 4.07. The third-order valence-electron chi connectivity index (χ3n) is 4.61. The molecule has 0 atom stereocenters. The van der Waals surface area contributed by atoms with Crippen LogP contribution < -0.4 is 0 Å². The van der Waals surface area contributed by atoms with E-state index in [4.69, 9.17) is 0 Å². The summed E-state index contributed by atoms with van der Waals surface area (Å²) in [5.74, 6) is 0. The first kappa shape index (κ1) is 20.1. The zero-order valence-corrected chi connectivity index (χ0v) is 16.4. The molecule has 0 saturated heterocycles. The van der Waals surface area contributed by atoms with Crippen molar-refractivity contribution in [2.24, 2.45) is 0 Å². The molecule has 0 aliphatic rings. The van der Waals surface area contributed by atoms with Gasteiger partial charge in [0.25, 0.3) is 5.69 Å². The first-order valence-corrected chi connectivity index (χ1v) is 9.34. The van der Waals surface area contributed by atoms with Crippen molar-refractivity contribution in [3.05, 3.63) is 75.3 Å². The number of nitro benzene ring substituents is 1. The monoisotopic (exact) mass is 354 g/mol. The number of benzene rings is 2. The standard InChI is InChI=1S/C22H30N2O2/c1-5-6-15-23(17-19-9-13-21(14-10-19)24(25)26)16-18-7-11-20(12-8-18)22(2,3)4/h7-14H,5-6,15-17H2,1-4H3. The van der Waals surface area contributed by atoms with Crippen LogP contribution in [0.25, 0.3) is 0 Å². The van der Waals surface area contributed by atoms with Crippen LogP contribution in [-0.2, 0) is 18.5 Å². The van der Waals surface area contributed by atoms with Gasteiger partial charge in [0, 0.05) is 25.2 Å². The highest BCUT2D eigenvalue weighted by molar-refractivity contribution is 5.33. The Hall–Kier alpha value is -2.20. The van der Waals surface area contributed by atoms with Crippen LogP contribution in [-0.4, -0.2) is 16.4 Å². The van der Waals surface area contributed by atoms with E-state index in [9.17, 15) is 10.1 Å². The first-order chi connectivity index (χ1) is 12.3. The maximum Gasteiger partial charge on any atom is 0.269 e. The maximum atomic E-state index is 10.8. The Labute approximate surface area is 157 Å². The van der Waals surface area contributed by atoms with Crippen molar-refractivity contribution >= 4 is 5.69 Å². The van der Waals surface area contributed by atoms with Gasteiger partial charge in [-0.15, -0.1) is 0 Å². The molecule has 0 spiro atoms. The fourth-order valence-corrected chi connectivity index (χ4v) is 2.95. The Balaban J connectivity index is 2.07. The van der Waals surface area contributed by atoms with E-state index in [1.807, 2.05) is 12.1 Å². The topological polar surface area (TPSA) is 46.4 Å². The molecular weight excluding hydrogens is 324 g/mol. The molecule has 140 valence electrons. The van der Waals surface area contributed by atoms with Crippen molar-refractivity contribution in [2.45, 2.75) is 59.0 Å². The van der Waals surface area contributed by atoms with Gasteiger partial charge in [-0.1, -0.05) is 70.5 Å². The van der Waals surface area contributed by atoms with Crippen molar-refractivity contribution in [3.63, 3.8) is 0 Å². The molecule has 0 aliphatic carbocycles. The molecule has 26 heavy (non-hydrogen) atoms. The van der Waals surface area contributed by atoms with Gasteiger partial charge in [0.05, 0.1) is 4.92 Å². The lowest BCUT2D eigenvalue weighted by Gasteiger charge is -2.23. The van der Waals surface area contributed by atoms with E-state index in [1.165, 1.54) is 11.1 Å². The van der Waals surface area contributed by atoms with E-state index in [2.05, 4.69) is 56.9 Å². The summed E-state index contributed by atoms with van der Waals surface area (Å²) in [6, 6.07) is 15.8. The minimum absolute atomic E-state index is 0.145. The predicted molar refractivity (Wildman–Crippen MR) is 107 cm³/mol. The molecule has 0 aromatic heterocycles. The molecule has 4 nitrogen and oxygen atoms in total. The zero-order valence-electron chi connectivity index (χ0n) is 16.4. The summed E-state index contributed by atoms with van der Waals surface area (Å²) in [5, 5.41) is 10.8. The summed E-state index contributed by atoms with van der Waals surface area (Å²) in [6.07, 6.45) is 2.30. The normalized spacial score (nSPS) is 11.7. The van der Waals surface area contributed by atoms with Gasteiger partial charge in [0.1, 0.15) is 0 Å². The fraction of sp³-hybridized carbons (Fsp3) is 0.455. The van der Waals surface area contributed by atoms with Crippen LogP contribution in [0.15, 0.2) is 48.5 Å². The molecule has 0 unspecified atom stereocenters. The number of unbranched alkanes of at least 4 members (excludes halogenated alkanes) is 1. The van der Waals surface area contributed by atoms with Crippen LogP contribution in [0, 0.1) is 10.1 Å². The largest absolute Gasteiger partial charge is 0.295 e. The minimum Gasteiger partial charge on any atom is -0.295 e. The van der Waals surface area contributed by atoms with Gasteiger partial charge in [-0.05, 0) is 35.1 Å². The molecule has 0 fully saturated rings. The van der Waals surface area contributed by atoms with Crippen LogP contribution in [0.2, 0.25) is 0 Å². The molecule has 0 amide bonds. The van der Waals surface area contributed by atoms with Crippen molar-refractivity contribution in [1.29, 1.82) is 0 Å². The van der Waals surface area contributed by atoms with E-state index in [1.54, 1.807) is 12.1 Å². The summed E-state index contributed by atoms with van der Waals surface area (Å²) in [7, 11) is 0. The third kappa shape index (κ3) is 5.95. The molecule has 0 saturated carbocycles. The SMILES string of the molecule is CCCCN(Cc1ccc([N+](=O)[O-])cc1)Cc1ccc(C(C)(C)C)cc1. The van der Waals surface area contributed by atoms with Gasteiger partial charge >= 0.3 is 0 Å². The third-order valence-corrected chi connectivity index (χ3v) is 4.61. The van der Waals surface area contributed by atoms with Gasteiger partial charge in [0.2, 0.25) is 0 Å². The van der Waals surface area contributed by atoms with Crippen LogP contribution in [0.5, 0.6) is 0 Å². The van der Waals surface area contributed by atoms with E-state index < -0.39 is 0 Å². The summed E-state index contributed by atoms with van der Waals surface area (Å²) in [6.45, 7) is 11.6. The first-order valence-electron chi connectivity index (χ1n) is 9.34. The lowest BCUT2D eigenvalue weighted by Crippen LogP contribution is -2.24. The van der Waals surface area contributed by atoms with Crippen LogP contribution in [0.4, 0.5) is 5.69 Å². The predicted octanol–water partition coefficient (Wildman–Crippen LogP) is 5.69. The lowest BCUT2D eigenvalue weighted by molar-refractivity contribution is -0.384. The second-order valence-electron chi connectivity index (χ2n) is 7.93. The second kappa shape index (κ2) is 8.95. The average molecular weight is 354 g/mol. The Morgan fingerprint density at radius 1 is 0.923 bits per heavy atom. The van der Waals surface area contributed by atoms with Crippen LogP contribution in [0.3, 0.4) is 0 Å². The Bertz CT molecular complexity index is 700. The number of rotatable bonds is 8. The number of non-ortho nitro benzene ring substituents is 1. The molecule has 2 aromatic rings. The zero-order chi connectivity index (χ0) is 19.2. The lowest BCUT2D eigenvalue weighted by atomic mass is 9.87.